The molecule has 2 aromatic carbocycles. The van der Waals surface area contributed by atoms with Crippen molar-refractivity contribution in [2.75, 3.05) is 26.9 Å². The Morgan fingerprint density at radius 3 is 2.71 bits per heavy atom. The van der Waals surface area contributed by atoms with Crippen LogP contribution >= 0.6 is 0 Å². The Balaban J connectivity index is 1.71. The molecule has 0 spiro atoms. The van der Waals surface area contributed by atoms with Gasteiger partial charge in [-0.15, -0.1) is 0 Å². The average Bonchev–Trinajstić information content (AvgIpc) is 2.89. The lowest BCUT2D eigenvalue weighted by Crippen LogP contribution is -2.18. The van der Waals surface area contributed by atoms with Gasteiger partial charge in [0.2, 0.25) is 0 Å². The molecule has 0 radical (unpaired) electrons. The standard InChI is InChI=1S/C18H21NO2/c1-20-8-9-21-12-18(19)14-6-7-17-15(11-14)10-13-4-2-3-5-16(13)17/h2-7,11,18H,8-10,12,19H2,1H3. The van der Waals surface area contributed by atoms with E-state index < -0.39 is 0 Å². The third kappa shape index (κ3) is 3.00. The average molecular weight is 283 g/mol. The van der Waals surface area contributed by atoms with Crippen molar-refractivity contribution in [2.45, 2.75) is 12.5 Å². The van der Waals surface area contributed by atoms with Crippen LogP contribution in [0.15, 0.2) is 42.5 Å². The van der Waals surface area contributed by atoms with Crippen molar-refractivity contribution >= 4 is 0 Å². The van der Waals surface area contributed by atoms with Gasteiger partial charge in [0.25, 0.3) is 0 Å². The summed E-state index contributed by atoms with van der Waals surface area (Å²) in [6, 6.07) is 15.0. The molecule has 3 nitrogen and oxygen atoms in total. The summed E-state index contributed by atoms with van der Waals surface area (Å²) in [5.74, 6) is 0. The summed E-state index contributed by atoms with van der Waals surface area (Å²) >= 11 is 0. The number of nitrogens with two attached hydrogens (primary N) is 1. The minimum Gasteiger partial charge on any atom is -0.382 e. The van der Waals surface area contributed by atoms with Crippen LogP contribution in [0.4, 0.5) is 0 Å². The summed E-state index contributed by atoms with van der Waals surface area (Å²) in [5, 5.41) is 0. The fourth-order valence-corrected chi connectivity index (χ4v) is 2.84. The molecular weight excluding hydrogens is 262 g/mol. The first-order chi connectivity index (χ1) is 10.3. The first-order valence-corrected chi connectivity index (χ1v) is 7.33. The van der Waals surface area contributed by atoms with Crippen molar-refractivity contribution in [2.24, 2.45) is 5.73 Å². The van der Waals surface area contributed by atoms with Crippen LogP contribution in [0.3, 0.4) is 0 Å². The lowest BCUT2D eigenvalue weighted by Gasteiger charge is -2.14. The molecule has 1 aliphatic rings. The summed E-state index contributed by atoms with van der Waals surface area (Å²) in [6.07, 6.45) is 0.997. The van der Waals surface area contributed by atoms with Gasteiger partial charge in [0.1, 0.15) is 0 Å². The Labute approximate surface area is 125 Å². The van der Waals surface area contributed by atoms with Gasteiger partial charge in [0.15, 0.2) is 0 Å². The Kier molecular flexibility index (Phi) is 4.34. The SMILES string of the molecule is COCCOCC(N)c1ccc2c(c1)Cc1ccccc1-2. The smallest absolute Gasteiger partial charge is 0.0701 e. The second kappa shape index (κ2) is 6.39. The van der Waals surface area contributed by atoms with E-state index in [0.717, 1.165) is 12.0 Å². The monoisotopic (exact) mass is 283 g/mol. The Morgan fingerprint density at radius 2 is 1.86 bits per heavy atom. The Hall–Kier alpha value is -1.68. The van der Waals surface area contributed by atoms with E-state index >= 15 is 0 Å². The van der Waals surface area contributed by atoms with E-state index in [4.69, 9.17) is 15.2 Å². The molecule has 0 fully saturated rings. The predicted octanol–water partition coefficient (Wildman–Crippen LogP) is 2.92. The van der Waals surface area contributed by atoms with Gasteiger partial charge in [-0.1, -0.05) is 42.5 Å². The highest BCUT2D eigenvalue weighted by molar-refractivity contribution is 5.76. The molecule has 2 aromatic rings. The molecule has 0 amide bonds. The van der Waals surface area contributed by atoms with E-state index in [-0.39, 0.29) is 6.04 Å². The number of hydrogen-bond donors (Lipinski definition) is 1. The number of rotatable bonds is 6. The van der Waals surface area contributed by atoms with E-state index in [1.165, 1.54) is 22.3 Å². The third-order valence-corrected chi connectivity index (χ3v) is 3.98. The molecule has 3 rings (SSSR count). The van der Waals surface area contributed by atoms with E-state index in [1.54, 1.807) is 7.11 Å². The zero-order valence-electron chi connectivity index (χ0n) is 12.3. The van der Waals surface area contributed by atoms with Crippen molar-refractivity contribution in [3.05, 3.63) is 59.2 Å². The molecule has 1 unspecified atom stereocenters. The van der Waals surface area contributed by atoms with Crippen LogP contribution in [0.25, 0.3) is 11.1 Å². The third-order valence-electron chi connectivity index (χ3n) is 3.98. The summed E-state index contributed by atoms with van der Waals surface area (Å²) < 4.78 is 10.5. The minimum absolute atomic E-state index is 0.0872. The first kappa shape index (κ1) is 14.3. The van der Waals surface area contributed by atoms with Crippen LogP contribution in [0.2, 0.25) is 0 Å². The number of hydrogen-bond acceptors (Lipinski definition) is 3. The van der Waals surface area contributed by atoms with Crippen LogP contribution in [-0.4, -0.2) is 26.9 Å². The second-order valence-corrected chi connectivity index (χ2v) is 5.42. The molecule has 110 valence electrons. The lowest BCUT2D eigenvalue weighted by molar-refractivity contribution is 0.0636. The van der Waals surface area contributed by atoms with Gasteiger partial charge >= 0.3 is 0 Å². The van der Waals surface area contributed by atoms with Crippen molar-refractivity contribution in [3.63, 3.8) is 0 Å². The van der Waals surface area contributed by atoms with Gasteiger partial charge in [-0.25, -0.2) is 0 Å². The lowest BCUT2D eigenvalue weighted by atomic mass is 10.0. The Bertz CT molecular complexity index is 624. The highest BCUT2D eigenvalue weighted by Gasteiger charge is 2.19. The van der Waals surface area contributed by atoms with Crippen LogP contribution < -0.4 is 5.73 Å². The second-order valence-electron chi connectivity index (χ2n) is 5.42. The molecule has 0 aromatic heterocycles. The fourth-order valence-electron chi connectivity index (χ4n) is 2.84. The highest BCUT2D eigenvalue weighted by Crippen LogP contribution is 2.37. The first-order valence-electron chi connectivity index (χ1n) is 7.33. The molecule has 0 aliphatic heterocycles. The normalized spacial score (nSPS) is 13.8. The highest BCUT2D eigenvalue weighted by atomic mass is 16.5. The summed E-state index contributed by atoms with van der Waals surface area (Å²) in [6.45, 7) is 1.71. The topological polar surface area (TPSA) is 44.5 Å². The van der Waals surface area contributed by atoms with Gasteiger partial charge in [0.05, 0.1) is 25.9 Å². The van der Waals surface area contributed by atoms with Gasteiger partial charge in [0, 0.05) is 7.11 Å². The molecule has 3 heteroatoms. The largest absolute Gasteiger partial charge is 0.382 e. The zero-order valence-corrected chi connectivity index (χ0v) is 12.3. The number of fused-ring (bicyclic) bond motifs is 3. The Morgan fingerprint density at radius 1 is 1.05 bits per heavy atom. The molecule has 0 saturated heterocycles. The molecular formula is C18H21NO2. The van der Waals surface area contributed by atoms with E-state index in [2.05, 4.69) is 42.5 Å². The molecule has 1 aliphatic carbocycles. The molecule has 0 heterocycles. The van der Waals surface area contributed by atoms with Gasteiger partial charge in [-0.3, -0.25) is 0 Å². The number of benzene rings is 2. The number of ether oxygens (including phenoxy) is 2. The predicted molar refractivity (Wildman–Crippen MR) is 84.3 cm³/mol. The van der Waals surface area contributed by atoms with Crippen LogP contribution in [-0.2, 0) is 15.9 Å². The molecule has 2 N–H and O–H groups in total. The summed E-state index contributed by atoms with van der Waals surface area (Å²) in [7, 11) is 1.67. The van der Waals surface area contributed by atoms with Gasteiger partial charge in [-0.2, -0.15) is 0 Å². The van der Waals surface area contributed by atoms with Crippen LogP contribution in [0, 0.1) is 0 Å². The maximum Gasteiger partial charge on any atom is 0.0701 e. The van der Waals surface area contributed by atoms with Gasteiger partial charge in [-0.05, 0) is 34.2 Å². The van der Waals surface area contributed by atoms with Crippen LogP contribution in [0.5, 0.6) is 0 Å². The minimum atomic E-state index is -0.0872. The van der Waals surface area contributed by atoms with Crippen molar-refractivity contribution in [1.29, 1.82) is 0 Å². The van der Waals surface area contributed by atoms with E-state index in [0.29, 0.717) is 19.8 Å². The van der Waals surface area contributed by atoms with Crippen molar-refractivity contribution in [1.82, 2.24) is 0 Å². The van der Waals surface area contributed by atoms with E-state index in [1.807, 2.05) is 0 Å². The quantitative estimate of drug-likeness (QED) is 0.707. The van der Waals surface area contributed by atoms with Crippen molar-refractivity contribution in [3.8, 4) is 11.1 Å². The number of methoxy groups -OCH3 is 1. The molecule has 21 heavy (non-hydrogen) atoms. The van der Waals surface area contributed by atoms with Gasteiger partial charge < -0.3 is 15.2 Å². The van der Waals surface area contributed by atoms with Crippen molar-refractivity contribution < 1.29 is 9.47 Å². The fraction of sp³-hybridized carbons (Fsp3) is 0.333. The van der Waals surface area contributed by atoms with Crippen LogP contribution in [0.1, 0.15) is 22.7 Å². The molecule has 0 bridgehead atoms. The maximum absolute atomic E-state index is 6.21. The summed E-state index contributed by atoms with van der Waals surface area (Å²) in [4.78, 5) is 0. The molecule has 0 saturated carbocycles. The summed E-state index contributed by atoms with van der Waals surface area (Å²) in [5.41, 5.74) is 12.8. The molecule has 1 atom stereocenters. The van der Waals surface area contributed by atoms with E-state index in [9.17, 15) is 0 Å². The maximum atomic E-state index is 6.21. The zero-order chi connectivity index (χ0) is 14.7.